The van der Waals surface area contributed by atoms with Crippen molar-refractivity contribution >= 4 is 0 Å². The molecule has 1 aliphatic rings. The maximum Gasteiger partial charge on any atom is 0.115 e. The van der Waals surface area contributed by atoms with Gasteiger partial charge in [0.15, 0.2) is 0 Å². The van der Waals surface area contributed by atoms with Gasteiger partial charge in [-0.05, 0) is 37.6 Å². The molecule has 82 valence electrons. The van der Waals surface area contributed by atoms with Gasteiger partial charge < -0.3 is 15.5 Å². The summed E-state index contributed by atoms with van der Waals surface area (Å²) in [6, 6.07) is 6.88. The van der Waals surface area contributed by atoms with Crippen LogP contribution in [0.15, 0.2) is 24.3 Å². The number of benzene rings is 1. The van der Waals surface area contributed by atoms with E-state index < -0.39 is 5.60 Å². The van der Waals surface area contributed by atoms with Gasteiger partial charge in [0.25, 0.3) is 0 Å². The van der Waals surface area contributed by atoms with Crippen LogP contribution in [0.25, 0.3) is 0 Å². The van der Waals surface area contributed by atoms with Gasteiger partial charge in [0.1, 0.15) is 5.75 Å². The molecule has 0 spiro atoms. The van der Waals surface area contributed by atoms with Crippen molar-refractivity contribution in [1.29, 1.82) is 0 Å². The summed E-state index contributed by atoms with van der Waals surface area (Å²) in [6.07, 6.45) is 0.975. The first-order valence-electron chi connectivity index (χ1n) is 5.33. The van der Waals surface area contributed by atoms with Crippen molar-refractivity contribution in [2.45, 2.75) is 18.9 Å². The molecule has 1 aromatic rings. The third-order valence-electron chi connectivity index (χ3n) is 3.29. The first-order valence-corrected chi connectivity index (χ1v) is 5.33. The largest absolute Gasteiger partial charge is 0.508 e. The predicted octanol–water partition coefficient (Wildman–Crippen LogP) is 1.21. The third kappa shape index (κ3) is 1.98. The molecule has 3 N–H and O–H groups in total. The second-order valence-corrected chi connectivity index (χ2v) is 4.39. The van der Waals surface area contributed by atoms with Crippen LogP contribution in [0.1, 0.15) is 18.9 Å². The molecule has 0 bridgehead atoms. The Morgan fingerprint density at radius 3 is 2.87 bits per heavy atom. The smallest absolute Gasteiger partial charge is 0.115 e. The lowest BCUT2D eigenvalue weighted by Gasteiger charge is -2.30. The molecule has 2 rings (SSSR count). The van der Waals surface area contributed by atoms with E-state index in [1.54, 1.807) is 18.2 Å². The van der Waals surface area contributed by atoms with E-state index >= 15 is 0 Å². The summed E-state index contributed by atoms with van der Waals surface area (Å²) >= 11 is 0. The molecule has 2 atom stereocenters. The number of phenolic OH excluding ortho intramolecular Hbond substituents is 1. The van der Waals surface area contributed by atoms with E-state index in [2.05, 4.69) is 5.32 Å². The lowest BCUT2D eigenvalue weighted by atomic mass is 9.82. The van der Waals surface area contributed by atoms with Crippen molar-refractivity contribution in [3.63, 3.8) is 0 Å². The van der Waals surface area contributed by atoms with Crippen LogP contribution in [0.3, 0.4) is 0 Å². The molecule has 3 nitrogen and oxygen atoms in total. The van der Waals surface area contributed by atoms with E-state index in [0.717, 1.165) is 25.1 Å². The Hall–Kier alpha value is -1.06. The van der Waals surface area contributed by atoms with Crippen LogP contribution in [-0.2, 0) is 5.60 Å². The minimum atomic E-state index is -0.859. The Balaban J connectivity index is 2.27. The second-order valence-electron chi connectivity index (χ2n) is 4.39. The lowest BCUT2D eigenvalue weighted by molar-refractivity contribution is 0.00199. The number of hydrogen-bond acceptors (Lipinski definition) is 3. The standard InChI is InChI=1S/C12H17NO2/c1-12(15,10-5-6-13-8-10)9-3-2-4-11(14)7-9/h2-4,7,10,13-15H,5-6,8H2,1H3. The Morgan fingerprint density at radius 2 is 2.27 bits per heavy atom. The Kier molecular flexibility index (Phi) is 2.67. The fourth-order valence-electron chi connectivity index (χ4n) is 2.19. The molecule has 15 heavy (non-hydrogen) atoms. The van der Waals surface area contributed by atoms with Gasteiger partial charge in [0.2, 0.25) is 0 Å². The summed E-state index contributed by atoms with van der Waals surface area (Å²) in [5, 5.41) is 23.1. The summed E-state index contributed by atoms with van der Waals surface area (Å²) in [5.74, 6) is 0.429. The second kappa shape index (κ2) is 3.83. The van der Waals surface area contributed by atoms with E-state index in [-0.39, 0.29) is 11.7 Å². The summed E-state index contributed by atoms with van der Waals surface area (Å²) in [5.41, 5.74) is -0.0707. The number of aliphatic hydroxyl groups is 1. The van der Waals surface area contributed by atoms with Crippen LogP contribution >= 0.6 is 0 Å². The maximum absolute atomic E-state index is 10.5. The number of nitrogens with one attached hydrogen (secondary N) is 1. The number of rotatable bonds is 2. The Morgan fingerprint density at radius 1 is 1.47 bits per heavy atom. The van der Waals surface area contributed by atoms with E-state index in [0.29, 0.717) is 0 Å². The molecule has 1 fully saturated rings. The highest BCUT2D eigenvalue weighted by molar-refractivity contribution is 5.31. The molecule has 3 heteroatoms. The minimum Gasteiger partial charge on any atom is -0.508 e. The van der Waals surface area contributed by atoms with Gasteiger partial charge in [0.05, 0.1) is 5.60 Å². The molecule has 1 aliphatic heterocycles. The van der Waals surface area contributed by atoms with Gasteiger partial charge >= 0.3 is 0 Å². The Labute approximate surface area is 89.8 Å². The fourth-order valence-corrected chi connectivity index (χ4v) is 2.19. The highest BCUT2D eigenvalue weighted by atomic mass is 16.3. The first-order chi connectivity index (χ1) is 7.10. The van der Waals surface area contributed by atoms with Crippen LogP contribution in [0.2, 0.25) is 0 Å². The van der Waals surface area contributed by atoms with Crippen molar-refractivity contribution in [2.24, 2.45) is 5.92 Å². The highest BCUT2D eigenvalue weighted by Crippen LogP contribution is 2.34. The van der Waals surface area contributed by atoms with E-state index in [4.69, 9.17) is 0 Å². The van der Waals surface area contributed by atoms with Gasteiger partial charge in [-0.15, -0.1) is 0 Å². The molecular formula is C12H17NO2. The van der Waals surface area contributed by atoms with Crippen molar-refractivity contribution < 1.29 is 10.2 Å². The molecule has 1 aromatic carbocycles. The number of phenols is 1. The Bertz CT molecular complexity index is 343. The molecule has 2 unspecified atom stereocenters. The normalized spacial score (nSPS) is 25.1. The van der Waals surface area contributed by atoms with E-state index in [1.807, 2.05) is 13.0 Å². The van der Waals surface area contributed by atoms with Crippen molar-refractivity contribution in [3.8, 4) is 5.75 Å². The SMILES string of the molecule is CC(O)(c1cccc(O)c1)C1CCNC1. The van der Waals surface area contributed by atoms with Gasteiger partial charge in [-0.3, -0.25) is 0 Å². The average molecular weight is 207 g/mol. The summed E-state index contributed by atoms with van der Waals surface area (Å²) < 4.78 is 0. The zero-order chi connectivity index (χ0) is 10.9. The zero-order valence-electron chi connectivity index (χ0n) is 8.90. The highest BCUT2D eigenvalue weighted by Gasteiger charge is 2.35. The lowest BCUT2D eigenvalue weighted by Crippen LogP contribution is -2.33. The quantitative estimate of drug-likeness (QED) is 0.683. The molecule has 1 saturated heterocycles. The van der Waals surface area contributed by atoms with Crippen molar-refractivity contribution in [1.82, 2.24) is 5.32 Å². The van der Waals surface area contributed by atoms with E-state index in [9.17, 15) is 10.2 Å². The first kappa shape index (κ1) is 10.5. The fraction of sp³-hybridized carbons (Fsp3) is 0.500. The summed E-state index contributed by atoms with van der Waals surface area (Å²) in [6.45, 7) is 3.61. The molecular weight excluding hydrogens is 190 g/mol. The van der Waals surface area contributed by atoms with Gasteiger partial charge in [-0.25, -0.2) is 0 Å². The van der Waals surface area contributed by atoms with Crippen LogP contribution in [-0.4, -0.2) is 23.3 Å². The number of aromatic hydroxyl groups is 1. The monoisotopic (exact) mass is 207 g/mol. The van der Waals surface area contributed by atoms with Crippen molar-refractivity contribution in [3.05, 3.63) is 29.8 Å². The molecule has 0 saturated carbocycles. The van der Waals surface area contributed by atoms with Crippen molar-refractivity contribution in [2.75, 3.05) is 13.1 Å². The average Bonchev–Trinajstić information content (AvgIpc) is 2.71. The van der Waals surface area contributed by atoms with Gasteiger partial charge in [0, 0.05) is 12.5 Å². The number of hydrogen-bond donors (Lipinski definition) is 3. The van der Waals surface area contributed by atoms with Crippen LogP contribution in [0.5, 0.6) is 5.75 Å². The van der Waals surface area contributed by atoms with Crippen LogP contribution in [0, 0.1) is 5.92 Å². The van der Waals surface area contributed by atoms with E-state index in [1.165, 1.54) is 0 Å². The summed E-state index contributed by atoms with van der Waals surface area (Å²) in [7, 11) is 0. The van der Waals surface area contributed by atoms with Gasteiger partial charge in [-0.1, -0.05) is 12.1 Å². The molecule has 0 aromatic heterocycles. The zero-order valence-corrected chi connectivity index (χ0v) is 8.90. The molecule has 0 amide bonds. The minimum absolute atomic E-state index is 0.207. The molecule has 0 radical (unpaired) electrons. The summed E-state index contributed by atoms with van der Waals surface area (Å²) in [4.78, 5) is 0. The van der Waals surface area contributed by atoms with Crippen LogP contribution < -0.4 is 5.32 Å². The molecule has 1 heterocycles. The maximum atomic E-state index is 10.5. The van der Waals surface area contributed by atoms with Gasteiger partial charge in [-0.2, -0.15) is 0 Å². The predicted molar refractivity (Wildman–Crippen MR) is 58.7 cm³/mol. The third-order valence-corrected chi connectivity index (χ3v) is 3.29. The van der Waals surface area contributed by atoms with Crippen LogP contribution in [0.4, 0.5) is 0 Å². The topological polar surface area (TPSA) is 52.5 Å². The molecule has 0 aliphatic carbocycles.